The molecule has 0 saturated carbocycles. The van der Waals surface area contributed by atoms with Crippen LogP contribution < -0.4 is 0 Å². The summed E-state index contributed by atoms with van der Waals surface area (Å²) in [4.78, 5) is 25.1. The second-order valence-corrected chi connectivity index (χ2v) is 0.714. The summed E-state index contributed by atoms with van der Waals surface area (Å²) >= 11 is 0. The van der Waals surface area contributed by atoms with Crippen molar-refractivity contribution in [3.05, 3.63) is 30.3 Å². The minimum Gasteiger partial charge on any atom is -0.412 e. The average Bonchev–Trinajstić information content (AvgIpc) is 1.54. The van der Waals surface area contributed by atoms with Gasteiger partial charge in [0.1, 0.15) is 0 Å². The van der Waals surface area contributed by atoms with Crippen LogP contribution in [0.3, 0.4) is 0 Å². The molecule has 0 heterocycles. The Labute approximate surface area is 135 Å². The van der Waals surface area contributed by atoms with Gasteiger partial charge in [0, 0.05) is 40.8 Å². The Morgan fingerprint density at radius 1 is 0.526 bits per heavy atom. The van der Waals surface area contributed by atoms with Crippen molar-refractivity contribution in [1.82, 2.24) is 0 Å². The van der Waals surface area contributed by atoms with Gasteiger partial charge in [0.25, 0.3) is 15.3 Å². The van der Waals surface area contributed by atoms with Gasteiger partial charge in [0.2, 0.25) is 0 Å². The summed E-state index contributed by atoms with van der Waals surface area (Å²) < 4.78 is 0. The summed E-state index contributed by atoms with van der Waals surface area (Å²) in [7, 11) is 0. The van der Waals surface area contributed by atoms with Gasteiger partial charge in [-0.05, 0) is 0 Å². The fourth-order valence-corrected chi connectivity index (χ4v) is 0. The Morgan fingerprint density at radius 3 is 0.526 bits per heavy atom. The van der Waals surface area contributed by atoms with E-state index in [-0.39, 0.29) is 73.7 Å². The molecule has 0 amide bonds. The van der Waals surface area contributed by atoms with Crippen LogP contribution in [-0.2, 0) is 0 Å². The molecule has 0 aromatic carbocycles. The van der Waals surface area contributed by atoms with Gasteiger partial charge >= 0.3 is 0 Å². The largest absolute Gasteiger partial charge is 0.412 e. The second kappa shape index (κ2) is 69.4. The Balaban J connectivity index is -0.00000000675. The summed E-state index contributed by atoms with van der Waals surface area (Å²) in [5.41, 5.74) is 0. The zero-order valence-corrected chi connectivity index (χ0v) is 11.8. The Bertz CT molecular complexity index is 115. The number of hydrogen-bond acceptors (Lipinski definition) is 6. The van der Waals surface area contributed by atoms with Gasteiger partial charge in [-0.25, -0.2) is 0 Å². The van der Waals surface area contributed by atoms with Gasteiger partial charge in [-0.1, -0.05) is 0 Å². The zero-order valence-electron chi connectivity index (χ0n) is 8.63. The smallest absolute Gasteiger partial charge is 0.291 e. The van der Waals surface area contributed by atoms with Gasteiger partial charge < -0.3 is 48.5 Å². The fourth-order valence-electron chi connectivity index (χ4n) is 0. The van der Waals surface area contributed by atoms with Crippen molar-refractivity contribution in [1.29, 1.82) is 0 Å². The monoisotopic (exact) mass is 439 g/mol. The molecule has 124 valence electrons. The van der Waals surface area contributed by atoms with Crippen LogP contribution in [0.2, 0.25) is 0 Å². The molecule has 0 aromatic rings. The molecule has 0 aliphatic rings. The summed E-state index contributed by atoms with van der Waals surface area (Å²) in [6.07, 6.45) is 0. The number of rotatable bonds is 0. The van der Waals surface area contributed by atoms with Crippen LogP contribution in [-0.4, -0.2) is 63.7 Å². The van der Waals surface area contributed by atoms with E-state index in [1.54, 1.807) is 0 Å². The zero-order chi connectivity index (χ0) is 10.7. The van der Waals surface area contributed by atoms with Crippen molar-refractivity contribution in [2.75, 3.05) is 0 Å². The molecule has 0 aliphatic heterocycles. The van der Waals surface area contributed by atoms with Gasteiger partial charge in [-0.3, -0.25) is 0 Å². The minimum atomic E-state index is -1.50. The van der Waals surface area contributed by atoms with Crippen LogP contribution >= 0.6 is 0 Å². The van der Waals surface area contributed by atoms with E-state index in [1.807, 2.05) is 0 Å². The maximum atomic E-state index is 8.36. The van der Waals surface area contributed by atoms with E-state index in [0.29, 0.717) is 0 Å². The summed E-state index contributed by atoms with van der Waals surface area (Å²) in [6.45, 7) is 0. The van der Waals surface area contributed by atoms with E-state index >= 15 is 0 Å². The first-order valence-corrected chi connectivity index (χ1v) is 1.70. The molecular formula is H15N3NdO15. The molecule has 0 saturated heterocycles. The molecule has 0 bridgehead atoms. The van der Waals surface area contributed by atoms with Crippen LogP contribution in [0, 0.1) is 71.2 Å². The maximum Gasteiger partial charge on any atom is 0.291 e. The maximum absolute atomic E-state index is 8.36. The number of hydrogen-bond donors (Lipinski definition) is 3. The van der Waals surface area contributed by atoms with E-state index in [4.69, 9.17) is 46.0 Å². The summed E-state index contributed by atoms with van der Waals surface area (Å²) in [5.74, 6) is 0. The third-order valence-corrected chi connectivity index (χ3v) is 0. The molecular weight excluding hydrogens is 426 g/mol. The van der Waals surface area contributed by atoms with Crippen molar-refractivity contribution in [3.63, 3.8) is 0 Å². The molecule has 0 spiro atoms. The Hall–Kier alpha value is -1.29. The molecule has 0 rings (SSSR count). The van der Waals surface area contributed by atoms with E-state index in [2.05, 4.69) is 0 Å². The second-order valence-electron chi connectivity index (χ2n) is 0.714. The third-order valence-electron chi connectivity index (χ3n) is 0. The molecule has 0 fully saturated rings. The topological polar surface area (TPSA) is 379 Å². The standard InChI is InChI=1S/3HNO3.Nd.6H2O/c3*2-1(3)4;;;;;;;/h3*(H,2,3,4);;6*1H2. The number of nitrogens with zero attached hydrogens (tertiary/aromatic N) is 3. The molecule has 15 N–H and O–H groups in total. The van der Waals surface area contributed by atoms with Gasteiger partial charge in [-0.15, -0.1) is 30.3 Å². The molecule has 0 unspecified atom stereocenters. The average molecular weight is 441 g/mol. The fraction of sp³-hybridized carbons (Fsp3) is 0. The molecule has 0 aromatic heterocycles. The van der Waals surface area contributed by atoms with Gasteiger partial charge in [-0.2, -0.15) is 0 Å². The summed E-state index contributed by atoms with van der Waals surface area (Å²) in [6, 6.07) is 0. The minimum absolute atomic E-state index is 0. The van der Waals surface area contributed by atoms with Crippen molar-refractivity contribution >= 4 is 0 Å². The van der Waals surface area contributed by atoms with Crippen LogP contribution in [0.4, 0.5) is 0 Å². The Kier molecular flexibility index (Phi) is 304. The quantitative estimate of drug-likeness (QED) is 0.237. The first-order chi connectivity index (χ1) is 5.20. The van der Waals surface area contributed by atoms with Crippen molar-refractivity contribution < 1.29 is 105 Å². The van der Waals surface area contributed by atoms with Gasteiger partial charge in [0.05, 0.1) is 0 Å². The molecule has 19 heteroatoms. The van der Waals surface area contributed by atoms with Crippen LogP contribution in [0.1, 0.15) is 0 Å². The van der Waals surface area contributed by atoms with Crippen LogP contribution in [0.5, 0.6) is 0 Å². The first kappa shape index (κ1) is 83.2. The van der Waals surface area contributed by atoms with Crippen molar-refractivity contribution in [2.24, 2.45) is 0 Å². The SMILES string of the molecule is O.O.O.O.O.O.O=[N+]([O-])O.O=[N+]([O-])O.O=[N+]([O-])O.[Nd]. The van der Waals surface area contributed by atoms with Crippen LogP contribution in [0.15, 0.2) is 0 Å². The molecule has 19 heavy (non-hydrogen) atoms. The van der Waals surface area contributed by atoms with E-state index < -0.39 is 15.3 Å². The van der Waals surface area contributed by atoms with E-state index in [0.717, 1.165) is 0 Å². The van der Waals surface area contributed by atoms with Gasteiger partial charge in [0.15, 0.2) is 0 Å². The third kappa shape index (κ3) is 2180. The molecule has 18 nitrogen and oxygen atoms in total. The molecule has 0 atom stereocenters. The molecule has 0 radical (unpaired) electrons. The molecule has 0 aliphatic carbocycles. The Morgan fingerprint density at radius 2 is 0.526 bits per heavy atom. The van der Waals surface area contributed by atoms with E-state index in [9.17, 15) is 0 Å². The van der Waals surface area contributed by atoms with Crippen LogP contribution in [0.25, 0.3) is 0 Å². The normalized spacial score (nSPS) is 3.79. The predicted molar refractivity (Wildman–Crippen MR) is 48.0 cm³/mol. The van der Waals surface area contributed by atoms with Crippen molar-refractivity contribution in [3.8, 4) is 0 Å². The van der Waals surface area contributed by atoms with E-state index in [1.165, 1.54) is 0 Å². The van der Waals surface area contributed by atoms with Crippen molar-refractivity contribution in [2.45, 2.75) is 0 Å². The first-order valence-electron chi connectivity index (χ1n) is 1.70. The predicted octanol–water partition coefficient (Wildman–Crippen LogP) is -5.99. The summed E-state index contributed by atoms with van der Waals surface area (Å²) in [5, 5.41) is 40.9.